The van der Waals surface area contributed by atoms with Gasteiger partial charge in [0.2, 0.25) is 0 Å². The fraction of sp³-hybridized carbons (Fsp3) is 0.529. The Balaban J connectivity index is 1.72. The number of nitrogens with one attached hydrogen (secondary N) is 1. The first kappa shape index (κ1) is 17.6. The van der Waals surface area contributed by atoms with Gasteiger partial charge in [0.1, 0.15) is 5.75 Å². The second kappa shape index (κ2) is 10.1. The second-order valence-corrected chi connectivity index (χ2v) is 6.26. The summed E-state index contributed by atoms with van der Waals surface area (Å²) in [4.78, 5) is 6.79. The van der Waals surface area contributed by atoms with E-state index in [-0.39, 0.29) is 0 Å². The van der Waals surface area contributed by atoms with Crippen LogP contribution in [-0.2, 0) is 6.54 Å². The Morgan fingerprint density at radius 2 is 2.26 bits per heavy atom. The van der Waals surface area contributed by atoms with E-state index in [4.69, 9.17) is 10.00 Å². The van der Waals surface area contributed by atoms with Crippen LogP contribution in [0, 0.1) is 11.5 Å². The highest BCUT2D eigenvalue weighted by Crippen LogP contribution is 2.17. The van der Waals surface area contributed by atoms with Gasteiger partial charge in [0.25, 0.3) is 0 Å². The topological polar surface area (TPSA) is 60.6 Å². The molecule has 1 fully saturated rings. The van der Waals surface area contributed by atoms with Crippen LogP contribution in [0.1, 0.15) is 24.8 Å². The van der Waals surface area contributed by atoms with Gasteiger partial charge in [-0.05, 0) is 49.9 Å². The maximum Gasteiger partial charge on any atom is 0.183 e. The molecule has 1 aromatic rings. The van der Waals surface area contributed by atoms with Crippen molar-refractivity contribution in [3.8, 4) is 11.9 Å². The summed E-state index contributed by atoms with van der Waals surface area (Å²) in [5.74, 6) is 0.922. The summed E-state index contributed by atoms with van der Waals surface area (Å²) in [7, 11) is 0. The zero-order valence-corrected chi connectivity index (χ0v) is 14.4. The van der Waals surface area contributed by atoms with Crippen LogP contribution in [0.5, 0.6) is 5.75 Å². The molecule has 0 saturated carbocycles. The first-order valence-corrected chi connectivity index (χ1v) is 9.22. The number of aliphatic imine (C=N–C) groups is 1. The Kier molecular flexibility index (Phi) is 7.78. The van der Waals surface area contributed by atoms with Crippen molar-refractivity contribution in [3.63, 3.8) is 0 Å². The molecule has 0 unspecified atom stereocenters. The fourth-order valence-corrected chi connectivity index (χ4v) is 2.94. The molecule has 1 saturated heterocycles. The van der Waals surface area contributed by atoms with Crippen LogP contribution in [0.3, 0.4) is 0 Å². The minimum Gasteiger partial charge on any atom is -0.494 e. The zero-order valence-electron chi connectivity index (χ0n) is 13.6. The van der Waals surface area contributed by atoms with Crippen molar-refractivity contribution >= 4 is 16.9 Å². The molecule has 5 nitrogen and oxygen atoms in total. The van der Waals surface area contributed by atoms with Crippen molar-refractivity contribution < 1.29 is 4.74 Å². The van der Waals surface area contributed by atoms with E-state index in [2.05, 4.69) is 33.4 Å². The Morgan fingerprint density at radius 3 is 3.00 bits per heavy atom. The molecule has 0 aliphatic carbocycles. The summed E-state index contributed by atoms with van der Waals surface area (Å²) in [5.41, 5.74) is 1.31. The number of nitrogens with zero attached hydrogens (tertiary/aromatic N) is 3. The number of benzene rings is 1. The summed E-state index contributed by atoms with van der Waals surface area (Å²) in [6, 6.07) is 8.35. The molecular weight excluding hydrogens is 308 g/mol. The van der Waals surface area contributed by atoms with Crippen molar-refractivity contribution in [3.05, 3.63) is 29.8 Å². The van der Waals surface area contributed by atoms with Crippen molar-refractivity contribution in [2.45, 2.75) is 25.8 Å². The van der Waals surface area contributed by atoms with Crippen LogP contribution in [0.2, 0.25) is 0 Å². The number of ether oxygens (including phenoxy) is 1. The van der Waals surface area contributed by atoms with Gasteiger partial charge in [-0.2, -0.15) is 5.26 Å². The first-order valence-electron chi connectivity index (χ1n) is 7.99. The summed E-state index contributed by atoms with van der Waals surface area (Å²) < 4.78 is 5.81. The summed E-state index contributed by atoms with van der Waals surface area (Å²) in [5, 5.41) is 11.8. The van der Waals surface area contributed by atoms with Crippen molar-refractivity contribution in [2.75, 3.05) is 32.5 Å². The van der Waals surface area contributed by atoms with E-state index < -0.39 is 0 Å². The number of rotatable bonds is 7. The van der Waals surface area contributed by atoms with Crippen molar-refractivity contribution in [1.29, 1.82) is 5.26 Å². The first-order chi connectivity index (χ1) is 11.3. The molecule has 1 aromatic carbocycles. The lowest BCUT2D eigenvalue weighted by atomic mass is 10.2. The summed E-state index contributed by atoms with van der Waals surface area (Å²) in [6.07, 6.45) is 7.24. The highest BCUT2D eigenvalue weighted by Gasteiger charge is 2.11. The zero-order chi connectivity index (χ0) is 16.3. The summed E-state index contributed by atoms with van der Waals surface area (Å²) >= 11 is 1.44. The molecule has 1 N–H and O–H groups in total. The van der Waals surface area contributed by atoms with Gasteiger partial charge in [-0.3, -0.25) is 15.2 Å². The lowest BCUT2D eigenvalue weighted by Crippen LogP contribution is -2.18. The van der Waals surface area contributed by atoms with Gasteiger partial charge in [0.15, 0.2) is 11.4 Å². The molecule has 0 aromatic heterocycles. The third kappa shape index (κ3) is 6.51. The van der Waals surface area contributed by atoms with E-state index >= 15 is 0 Å². The average molecular weight is 332 g/mol. The predicted molar refractivity (Wildman–Crippen MR) is 95.6 cm³/mol. The molecule has 2 rings (SSSR count). The van der Waals surface area contributed by atoms with Crippen LogP contribution in [-0.4, -0.2) is 42.6 Å². The summed E-state index contributed by atoms with van der Waals surface area (Å²) in [6.45, 7) is 4.71. The highest BCUT2D eigenvalue weighted by atomic mass is 32.2. The molecule has 1 aliphatic heterocycles. The lowest BCUT2D eigenvalue weighted by molar-refractivity contribution is 0.309. The van der Waals surface area contributed by atoms with Gasteiger partial charge in [-0.15, -0.1) is 0 Å². The third-order valence-corrected chi connectivity index (χ3v) is 4.30. The number of nitriles is 1. The third-order valence-electron chi connectivity index (χ3n) is 3.69. The van der Waals surface area contributed by atoms with Crippen LogP contribution in [0.25, 0.3) is 0 Å². The SMILES string of the molecule is CSC(=NCCCOc1cccc(CN2CCCC2)c1)NC#N. The Morgan fingerprint density at radius 1 is 1.43 bits per heavy atom. The number of amidine groups is 1. The van der Waals surface area contributed by atoms with Crippen molar-refractivity contribution in [1.82, 2.24) is 10.2 Å². The highest BCUT2D eigenvalue weighted by molar-refractivity contribution is 8.13. The average Bonchev–Trinajstić information content (AvgIpc) is 3.07. The van der Waals surface area contributed by atoms with Gasteiger partial charge in [0.05, 0.1) is 6.61 Å². The van der Waals surface area contributed by atoms with Crippen LogP contribution >= 0.6 is 11.8 Å². The number of thioether (sulfide) groups is 1. The maximum absolute atomic E-state index is 8.56. The molecule has 1 aliphatic rings. The standard InChI is InChI=1S/C17H24N4OS/c1-23-17(20-14-18)19-8-5-11-22-16-7-4-6-15(12-16)13-21-9-2-3-10-21/h4,6-7,12H,2-3,5,8-11,13H2,1H3,(H,19,20). The van der Waals surface area contributed by atoms with E-state index in [9.17, 15) is 0 Å². The molecule has 0 bridgehead atoms. The fourth-order valence-electron chi connectivity index (χ4n) is 2.57. The Bertz CT molecular complexity index is 550. The molecule has 1 heterocycles. The number of hydrogen-bond acceptors (Lipinski definition) is 5. The molecule has 6 heteroatoms. The second-order valence-electron chi connectivity index (χ2n) is 5.46. The largest absolute Gasteiger partial charge is 0.494 e. The van der Waals surface area contributed by atoms with Gasteiger partial charge < -0.3 is 4.74 Å². The van der Waals surface area contributed by atoms with Gasteiger partial charge in [-0.1, -0.05) is 23.9 Å². The minimum absolute atomic E-state index is 0.630. The van der Waals surface area contributed by atoms with E-state index in [0.29, 0.717) is 18.3 Å². The number of hydrogen-bond donors (Lipinski definition) is 1. The molecule has 0 spiro atoms. The Hall–Kier alpha value is -1.71. The van der Waals surface area contributed by atoms with Gasteiger partial charge in [-0.25, -0.2) is 0 Å². The van der Waals surface area contributed by atoms with Crippen LogP contribution in [0.4, 0.5) is 0 Å². The van der Waals surface area contributed by atoms with E-state index in [1.807, 2.05) is 18.5 Å². The molecule has 0 radical (unpaired) electrons. The maximum atomic E-state index is 8.56. The van der Waals surface area contributed by atoms with Gasteiger partial charge in [0, 0.05) is 19.5 Å². The molecule has 23 heavy (non-hydrogen) atoms. The van der Waals surface area contributed by atoms with E-state index in [0.717, 1.165) is 18.7 Å². The predicted octanol–water partition coefficient (Wildman–Crippen LogP) is 2.84. The molecule has 0 atom stereocenters. The van der Waals surface area contributed by atoms with E-state index in [1.165, 1.54) is 43.3 Å². The molecule has 124 valence electrons. The van der Waals surface area contributed by atoms with Crippen molar-refractivity contribution in [2.24, 2.45) is 4.99 Å². The van der Waals surface area contributed by atoms with E-state index in [1.54, 1.807) is 0 Å². The number of likely N-dealkylation sites (tertiary alicyclic amines) is 1. The Labute approximate surface area is 142 Å². The molecule has 0 amide bonds. The lowest BCUT2D eigenvalue weighted by Gasteiger charge is -2.15. The van der Waals surface area contributed by atoms with Gasteiger partial charge >= 0.3 is 0 Å². The van der Waals surface area contributed by atoms with Crippen LogP contribution < -0.4 is 10.1 Å². The quantitative estimate of drug-likeness (QED) is 0.273. The normalized spacial score (nSPS) is 15.4. The molecular formula is C17H24N4OS. The minimum atomic E-state index is 0.630. The van der Waals surface area contributed by atoms with Crippen LogP contribution in [0.15, 0.2) is 29.3 Å². The monoisotopic (exact) mass is 332 g/mol. The smallest absolute Gasteiger partial charge is 0.183 e.